The molecule has 150 valence electrons. The Hall–Kier alpha value is -3.41. The molecule has 0 aliphatic rings. The number of carbonyl (C=O) groups is 1. The molecule has 3 aromatic rings. The second-order valence-electron chi connectivity index (χ2n) is 6.68. The Labute approximate surface area is 171 Å². The molecule has 0 spiro atoms. The van der Waals surface area contributed by atoms with Gasteiger partial charge in [0.2, 0.25) is 0 Å². The molecule has 1 heterocycles. The molecule has 2 aromatic carbocycles. The highest BCUT2D eigenvalue weighted by atomic mass is 16.2. The third kappa shape index (κ3) is 5.10. The van der Waals surface area contributed by atoms with E-state index in [-0.39, 0.29) is 5.91 Å². The normalized spacial score (nSPS) is 11.0. The number of aromatic nitrogens is 2. The van der Waals surface area contributed by atoms with E-state index in [0.29, 0.717) is 5.69 Å². The second-order valence-corrected chi connectivity index (χ2v) is 6.68. The minimum Gasteiger partial charge on any atom is -0.372 e. The first-order valence-corrected chi connectivity index (χ1v) is 9.97. The Morgan fingerprint density at radius 2 is 1.76 bits per heavy atom. The molecule has 0 fully saturated rings. The first-order valence-electron chi connectivity index (χ1n) is 9.97. The molecule has 6 heteroatoms. The largest absolute Gasteiger partial charge is 0.372 e. The molecular formula is C23H27N5O. The van der Waals surface area contributed by atoms with Crippen LogP contribution in [0, 0.1) is 0 Å². The predicted octanol–water partition coefficient (Wildman–Crippen LogP) is 4.25. The van der Waals surface area contributed by atoms with E-state index in [4.69, 9.17) is 0 Å². The van der Waals surface area contributed by atoms with E-state index >= 15 is 0 Å². The summed E-state index contributed by atoms with van der Waals surface area (Å²) in [6, 6.07) is 18.0. The molecule has 0 saturated heterocycles. The minimum absolute atomic E-state index is 0.329. The van der Waals surface area contributed by atoms with Gasteiger partial charge in [0, 0.05) is 24.3 Å². The number of hydrogen-bond donors (Lipinski definition) is 2. The van der Waals surface area contributed by atoms with Gasteiger partial charge in [-0.2, -0.15) is 10.2 Å². The Kier molecular flexibility index (Phi) is 6.79. The molecule has 0 radical (unpaired) electrons. The maximum Gasteiger partial charge on any atom is 0.289 e. The molecule has 6 nitrogen and oxygen atoms in total. The monoisotopic (exact) mass is 389 g/mol. The highest BCUT2D eigenvalue weighted by Gasteiger charge is 2.10. The number of H-pyrrole nitrogens is 1. The molecule has 0 saturated carbocycles. The number of amides is 1. The van der Waals surface area contributed by atoms with Crippen molar-refractivity contribution in [3.8, 4) is 11.3 Å². The number of aromatic amines is 1. The van der Waals surface area contributed by atoms with Crippen molar-refractivity contribution in [1.29, 1.82) is 0 Å². The SMILES string of the molecule is CCc1ccc(-c2cc(C(=O)N/N=C\c3ccc(N(CC)CC)cc3)[nH]n2)cc1. The van der Waals surface area contributed by atoms with Crippen LogP contribution in [0.5, 0.6) is 0 Å². The molecule has 2 N–H and O–H groups in total. The van der Waals surface area contributed by atoms with E-state index in [2.05, 4.69) is 70.7 Å². The van der Waals surface area contributed by atoms with Crippen LogP contribution in [0.25, 0.3) is 11.3 Å². The van der Waals surface area contributed by atoms with Crippen LogP contribution >= 0.6 is 0 Å². The van der Waals surface area contributed by atoms with Gasteiger partial charge in [0.1, 0.15) is 5.69 Å². The minimum atomic E-state index is -0.329. The van der Waals surface area contributed by atoms with E-state index in [1.807, 2.05) is 24.3 Å². The quantitative estimate of drug-likeness (QED) is 0.447. The first-order chi connectivity index (χ1) is 14.1. The maximum atomic E-state index is 12.3. The molecule has 1 amide bonds. The summed E-state index contributed by atoms with van der Waals surface area (Å²) in [6.07, 6.45) is 2.62. The van der Waals surface area contributed by atoms with Crippen LogP contribution in [0.15, 0.2) is 59.7 Å². The van der Waals surface area contributed by atoms with Gasteiger partial charge in [0.05, 0.1) is 11.9 Å². The van der Waals surface area contributed by atoms with Crippen molar-refractivity contribution < 1.29 is 4.79 Å². The van der Waals surface area contributed by atoms with Gasteiger partial charge in [-0.25, -0.2) is 5.43 Å². The summed E-state index contributed by atoms with van der Waals surface area (Å²) in [5.41, 5.74) is 7.96. The topological polar surface area (TPSA) is 73.4 Å². The third-order valence-electron chi connectivity index (χ3n) is 4.88. The number of nitrogens with one attached hydrogen (secondary N) is 2. The summed E-state index contributed by atoms with van der Waals surface area (Å²) in [5.74, 6) is -0.329. The number of benzene rings is 2. The van der Waals surface area contributed by atoms with Crippen LogP contribution in [0.1, 0.15) is 42.4 Å². The highest BCUT2D eigenvalue weighted by Crippen LogP contribution is 2.18. The number of carbonyl (C=O) groups excluding carboxylic acids is 1. The Balaban J connectivity index is 1.60. The summed E-state index contributed by atoms with van der Waals surface area (Å²) in [6.45, 7) is 8.32. The van der Waals surface area contributed by atoms with Gasteiger partial charge < -0.3 is 4.90 Å². The molecule has 0 unspecified atom stereocenters. The average molecular weight is 390 g/mol. The van der Waals surface area contributed by atoms with Crippen LogP contribution in [-0.4, -0.2) is 35.4 Å². The van der Waals surface area contributed by atoms with Crippen LogP contribution < -0.4 is 10.3 Å². The lowest BCUT2D eigenvalue weighted by atomic mass is 10.1. The third-order valence-corrected chi connectivity index (χ3v) is 4.88. The smallest absolute Gasteiger partial charge is 0.289 e. The van der Waals surface area contributed by atoms with Crippen LogP contribution in [-0.2, 0) is 6.42 Å². The number of rotatable bonds is 8. The van der Waals surface area contributed by atoms with Gasteiger partial charge in [-0.3, -0.25) is 9.89 Å². The lowest BCUT2D eigenvalue weighted by molar-refractivity contribution is 0.0950. The summed E-state index contributed by atoms with van der Waals surface area (Å²) >= 11 is 0. The predicted molar refractivity (Wildman–Crippen MR) is 118 cm³/mol. The molecule has 0 bridgehead atoms. The summed E-state index contributed by atoms with van der Waals surface area (Å²) in [5, 5.41) is 11.1. The molecule has 0 aliphatic heterocycles. The number of aryl methyl sites for hydroxylation is 1. The van der Waals surface area contributed by atoms with Gasteiger partial charge >= 0.3 is 0 Å². The van der Waals surface area contributed by atoms with Crippen molar-refractivity contribution in [3.05, 3.63) is 71.4 Å². The van der Waals surface area contributed by atoms with Gasteiger partial charge in [-0.1, -0.05) is 43.3 Å². The van der Waals surface area contributed by atoms with Crippen LogP contribution in [0.4, 0.5) is 5.69 Å². The molecule has 0 atom stereocenters. The van der Waals surface area contributed by atoms with Crippen molar-refractivity contribution in [2.24, 2.45) is 5.10 Å². The molecule has 3 rings (SSSR count). The van der Waals surface area contributed by atoms with Crippen molar-refractivity contribution >= 4 is 17.8 Å². The second kappa shape index (κ2) is 9.68. The van der Waals surface area contributed by atoms with Gasteiger partial charge in [0.15, 0.2) is 0 Å². The fourth-order valence-corrected chi connectivity index (χ4v) is 3.08. The number of hydrazone groups is 1. The van der Waals surface area contributed by atoms with Crippen LogP contribution in [0.3, 0.4) is 0 Å². The molecule has 0 aliphatic carbocycles. The van der Waals surface area contributed by atoms with Gasteiger partial charge in [0.25, 0.3) is 5.91 Å². The number of hydrogen-bond acceptors (Lipinski definition) is 4. The molecule has 29 heavy (non-hydrogen) atoms. The Morgan fingerprint density at radius 1 is 1.07 bits per heavy atom. The lowest BCUT2D eigenvalue weighted by Crippen LogP contribution is -2.21. The lowest BCUT2D eigenvalue weighted by Gasteiger charge is -2.20. The van der Waals surface area contributed by atoms with Gasteiger partial charge in [-0.15, -0.1) is 0 Å². The van der Waals surface area contributed by atoms with E-state index in [1.54, 1.807) is 12.3 Å². The van der Waals surface area contributed by atoms with Crippen molar-refractivity contribution in [2.45, 2.75) is 27.2 Å². The zero-order chi connectivity index (χ0) is 20.6. The zero-order valence-electron chi connectivity index (χ0n) is 17.1. The van der Waals surface area contributed by atoms with E-state index in [9.17, 15) is 4.79 Å². The Morgan fingerprint density at radius 3 is 2.38 bits per heavy atom. The fraction of sp³-hybridized carbons (Fsp3) is 0.261. The number of anilines is 1. The molecular weight excluding hydrogens is 362 g/mol. The fourth-order valence-electron chi connectivity index (χ4n) is 3.08. The number of nitrogens with zero attached hydrogens (tertiary/aromatic N) is 3. The summed E-state index contributed by atoms with van der Waals surface area (Å²) in [7, 11) is 0. The van der Waals surface area contributed by atoms with Crippen molar-refractivity contribution in [2.75, 3.05) is 18.0 Å². The van der Waals surface area contributed by atoms with Crippen molar-refractivity contribution in [3.63, 3.8) is 0 Å². The standard InChI is InChI=1S/C23H27N5O/c1-4-17-7-11-19(12-8-17)21-15-22(26-25-21)23(29)27-24-16-18-9-13-20(14-10-18)28(5-2)6-3/h7-16H,4-6H2,1-3H3,(H,25,26)(H,27,29)/b24-16-. The average Bonchev–Trinajstić information content (AvgIpc) is 3.26. The van der Waals surface area contributed by atoms with E-state index in [1.165, 1.54) is 11.3 Å². The van der Waals surface area contributed by atoms with Crippen molar-refractivity contribution in [1.82, 2.24) is 15.6 Å². The van der Waals surface area contributed by atoms with Gasteiger partial charge in [-0.05, 0) is 49.6 Å². The zero-order valence-corrected chi connectivity index (χ0v) is 17.1. The molecule has 1 aromatic heterocycles. The van der Waals surface area contributed by atoms with E-state index < -0.39 is 0 Å². The summed E-state index contributed by atoms with van der Waals surface area (Å²) < 4.78 is 0. The Bertz CT molecular complexity index is 954. The van der Waals surface area contributed by atoms with Crippen LogP contribution in [0.2, 0.25) is 0 Å². The summed E-state index contributed by atoms with van der Waals surface area (Å²) in [4.78, 5) is 14.6. The first kappa shape index (κ1) is 20.3. The van der Waals surface area contributed by atoms with E-state index in [0.717, 1.165) is 36.3 Å². The maximum absolute atomic E-state index is 12.3. The highest BCUT2D eigenvalue weighted by molar-refractivity contribution is 5.94.